The smallest absolute Gasteiger partial charge is 0.0465 e. The van der Waals surface area contributed by atoms with E-state index in [1.165, 1.54) is 136 Å². The number of hydrogen-bond acceptors (Lipinski definition) is 2. The highest BCUT2D eigenvalue weighted by molar-refractivity contribution is 7.25. The molecule has 4 bridgehead atoms. The van der Waals surface area contributed by atoms with Crippen molar-refractivity contribution in [1.29, 1.82) is 0 Å². The minimum absolute atomic E-state index is 0.108. The van der Waals surface area contributed by atoms with Gasteiger partial charge in [0, 0.05) is 42.6 Å². The maximum Gasteiger partial charge on any atom is 0.0465 e. The Morgan fingerprint density at radius 2 is 1.24 bits per heavy atom. The molecular weight excluding hydrogens is 635 g/mol. The molecule has 1 heterocycles. The van der Waals surface area contributed by atoms with Gasteiger partial charge >= 0.3 is 0 Å². The van der Waals surface area contributed by atoms with Crippen molar-refractivity contribution in [2.45, 2.75) is 101 Å². The van der Waals surface area contributed by atoms with Crippen LogP contribution in [-0.4, -0.2) is 0 Å². The summed E-state index contributed by atoms with van der Waals surface area (Å²) in [6.07, 6.45) is 15.5. The first-order chi connectivity index (χ1) is 24.9. The molecule has 51 heavy (non-hydrogen) atoms. The van der Waals surface area contributed by atoms with Crippen molar-refractivity contribution in [3.63, 3.8) is 0 Å². The van der Waals surface area contributed by atoms with Crippen molar-refractivity contribution < 1.29 is 0 Å². The summed E-state index contributed by atoms with van der Waals surface area (Å²) < 4.78 is 2.78. The Balaban J connectivity index is 1.02. The molecule has 256 valence electrons. The van der Waals surface area contributed by atoms with Crippen LogP contribution in [0.15, 0.2) is 103 Å². The fourth-order valence-electron chi connectivity index (χ4n) is 12.5. The zero-order chi connectivity index (χ0) is 33.9. The Labute approximate surface area is 307 Å². The fraction of sp³-hybridized carbons (Fsp3) is 0.388. The second-order valence-electron chi connectivity index (χ2n) is 17.8. The average molecular weight is 684 g/mol. The molecule has 5 saturated carbocycles. The van der Waals surface area contributed by atoms with E-state index in [4.69, 9.17) is 0 Å². The molecule has 6 aliphatic rings. The van der Waals surface area contributed by atoms with Gasteiger partial charge in [-0.1, -0.05) is 87.7 Å². The molecule has 5 fully saturated rings. The Kier molecular flexibility index (Phi) is 6.81. The Morgan fingerprint density at radius 3 is 1.94 bits per heavy atom. The molecule has 12 rings (SSSR count). The highest BCUT2D eigenvalue weighted by Crippen LogP contribution is 2.61. The van der Waals surface area contributed by atoms with Crippen LogP contribution in [0.5, 0.6) is 0 Å². The molecule has 0 atom stereocenters. The molecule has 2 heteroatoms. The average Bonchev–Trinajstić information content (AvgIpc) is 3.64. The normalized spacial score (nSPS) is 26.1. The van der Waals surface area contributed by atoms with Gasteiger partial charge in [-0.2, -0.15) is 0 Å². The summed E-state index contributed by atoms with van der Waals surface area (Å²) in [4.78, 5) is 2.54. The van der Waals surface area contributed by atoms with Gasteiger partial charge in [0.1, 0.15) is 0 Å². The van der Waals surface area contributed by atoms with Crippen LogP contribution in [0.1, 0.15) is 113 Å². The van der Waals surface area contributed by atoms with E-state index in [-0.39, 0.29) is 5.41 Å². The molecule has 0 saturated heterocycles. The number of rotatable bonds is 5. The van der Waals surface area contributed by atoms with E-state index < -0.39 is 0 Å². The molecule has 0 spiro atoms. The Morgan fingerprint density at radius 1 is 0.608 bits per heavy atom. The van der Waals surface area contributed by atoms with Crippen LogP contribution in [0.3, 0.4) is 0 Å². The molecule has 1 aromatic heterocycles. The number of benzene rings is 5. The zero-order valence-corrected chi connectivity index (χ0v) is 31.1. The van der Waals surface area contributed by atoms with Gasteiger partial charge in [-0.15, -0.1) is 11.3 Å². The Bertz CT molecular complexity index is 2260. The third-order valence-electron chi connectivity index (χ3n) is 14.4. The van der Waals surface area contributed by atoms with E-state index in [2.05, 4.69) is 122 Å². The molecular formula is C49H49NS. The lowest BCUT2D eigenvalue weighted by Crippen LogP contribution is -2.48. The molecule has 6 aliphatic carbocycles. The van der Waals surface area contributed by atoms with Gasteiger partial charge in [0.25, 0.3) is 0 Å². The third kappa shape index (κ3) is 4.71. The van der Waals surface area contributed by atoms with Gasteiger partial charge < -0.3 is 4.90 Å². The SMILES string of the molecule is CC1(C)c2cc(N(c3ccc(C4CCCCC4)cc3)c3ccc(C45CC6CC(CC(C6)C4)C5)cc3)ccc2-c2ccc3sc4ccccc4c3c21. The van der Waals surface area contributed by atoms with E-state index in [1.807, 2.05) is 11.3 Å². The maximum atomic E-state index is 2.54. The van der Waals surface area contributed by atoms with E-state index in [0.717, 1.165) is 17.8 Å². The quantitative estimate of drug-likeness (QED) is 0.175. The largest absolute Gasteiger partial charge is 0.310 e. The highest BCUT2D eigenvalue weighted by atomic mass is 32.1. The summed E-state index contributed by atoms with van der Waals surface area (Å²) in [7, 11) is 0. The van der Waals surface area contributed by atoms with Crippen LogP contribution in [-0.2, 0) is 10.8 Å². The van der Waals surface area contributed by atoms with Gasteiger partial charge in [-0.05, 0) is 162 Å². The molecule has 0 N–H and O–H groups in total. The van der Waals surface area contributed by atoms with Crippen molar-refractivity contribution in [3.05, 3.63) is 125 Å². The lowest BCUT2D eigenvalue weighted by atomic mass is 9.48. The molecule has 1 nitrogen and oxygen atoms in total. The Hall–Kier alpha value is -3.88. The standard InChI is InChI=1S/C49H49NS/c1-48(2)43-27-39(20-21-40(43)41-22-23-45-46(47(41)48)42-10-6-7-11-44(42)51-45)50(37-16-12-35(13-17-37)34-8-4-3-5-9-34)38-18-14-36(15-19-38)49-28-31-24-32(29-49)26-33(25-31)30-49/h6-7,10-23,27,31-34H,3-5,8-9,24-26,28-30H2,1-2H3. The van der Waals surface area contributed by atoms with Crippen molar-refractivity contribution in [3.8, 4) is 11.1 Å². The molecule has 5 aromatic carbocycles. The summed E-state index contributed by atoms with van der Waals surface area (Å²) in [6.45, 7) is 4.91. The first kappa shape index (κ1) is 30.7. The maximum absolute atomic E-state index is 2.54. The fourth-order valence-corrected chi connectivity index (χ4v) is 13.6. The predicted octanol–water partition coefficient (Wildman–Crippen LogP) is 14.3. The van der Waals surface area contributed by atoms with Crippen LogP contribution >= 0.6 is 11.3 Å². The van der Waals surface area contributed by atoms with Gasteiger partial charge in [0.2, 0.25) is 0 Å². The molecule has 0 amide bonds. The first-order valence-electron chi connectivity index (χ1n) is 20.0. The molecule has 6 aromatic rings. The number of fused-ring (bicyclic) bond motifs is 7. The minimum Gasteiger partial charge on any atom is -0.310 e. The van der Waals surface area contributed by atoms with Crippen molar-refractivity contribution in [1.82, 2.24) is 0 Å². The third-order valence-corrected chi connectivity index (χ3v) is 15.5. The molecule has 0 unspecified atom stereocenters. The minimum atomic E-state index is -0.108. The van der Waals surface area contributed by atoms with Crippen LogP contribution in [0.25, 0.3) is 31.3 Å². The van der Waals surface area contributed by atoms with Crippen LogP contribution in [0.2, 0.25) is 0 Å². The predicted molar refractivity (Wildman–Crippen MR) is 217 cm³/mol. The van der Waals surface area contributed by atoms with Crippen LogP contribution < -0.4 is 4.90 Å². The van der Waals surface area contributed by atoms with E-state index in [9.17, 15) is 0 Å². The highest BCUT2D eigenvalue weighted by Gasteiger charge is 2.51. The summed E-state index contributed by atoms with van der Waals surface area (Å²) in [5, 5.41) is 2.85. The number of hydrogen-bond donors (Lipinski definition) is 0. The van der Waals surface area contributed by atoms with E-state index in [0.29, 0.717) is 11.3 Å². The lowest BCUT2D eigenvalue weighted by Gasteiger charge is -2.57. The van der Waals surface area contributed by atoms with Gasteiger partial charge in [0.15, 0.2) is 0 Å². The van der Waals surface area contributed by atoms with Gasteiger partial charge in [-0.25, -0.2) is 0 Å². The zero-order valence-electron chi connectivity index (χ0n) is 30.3. The van der Waals surface area contributed by atoms with Crippen molar-refractivity contribution in [2.75, 3.05) is 4.90 Å². The van der Waals surface area contributed by atoms with E-state index >= 15 is 0 Å². The van der Waals surface area contributed by atoms with Crippen LogP contribution in [0.4, 0.5) is 17.1 Å². The first-order valence-corrected chi connectivity index (χ1v) is 20.9. The number of thiophene rings is 1. The number of anilines is 3. The summed E-state index contributed by atoms with van der Waals surface area (Å²) in [6, 6.07) is 40.7. The van der Waals surface area contributed by atoms with Crippen LogP contribution in [0, 0.1) is 17.8 Å². The van der Waals surface area contributed by atoms with Crippen molar-refractivity contribution >= 4 is 48.6 Å². The molecule has 0 aliphatic heterocycles. The summed E-state index contributed by atoms with van der Waals surface area (Å²) in [5.41, 5.74) is 13.0. The monoisotopic (exact) mass is 683 g/mol. The van der Waals surface area contributed by atoms with Crippen molar-refractivity contribution in [2.24, 2.45) is 17.8 Å². The molecule has 0 radical (unpaired) electrons. The second kappa shape index (κ2) is 11.3. The van der Waals surface area contributed by atoms with E-state index in [1.54, 1.807) is 5.56 Å². The second-order valence-corrected chi connectivity index (χ2v) is 18.9. The topological polar surface area (TPSA) is 3.24 Å². The summed E-state index contributed by atoms with van der Waals surface area (Å²) in [5.74, 6) is 3.59. The van der Waals surface area contributed by atoms with Gasteiger partial charge in [-0.3, -0.25) is 0 Å². The number of nitrogens with zero attached hydrogens (tertiary/aromatic N) is 1. The summed E-state index contributed by atoms with van der Waals surface area (Å²) >= 11 is 1.93. The lowest BCUT2D eigenvalue weighted by molar-refractivity contribution is -0.00518. The van der Waals surface area contributed by atoms with Gasteiger partial charge in [0.05, 0.1) is 0 Å².